The zero-order chi connectivity index (χ0) is 15.8. The van der Waals surface area contributed by atoms with E-state index in [1.54, 1.807) is 0 Å². The summed E-state index contributed by atoms with van der Waals surface area (Å²) in [6.07, 6.45) is 1.23. The number of likely N-dealkylation sites (N-methyl/N-ethyl adjacent to an activating group) is 1. The van der Waals surface area contributed by atoms with Gasteiger partial charge in [-0.1, -0.05) is 0 Å². The lowest BCUT2D eigenvalue weighted by Crippen LogP contribution is -2.36. The third-order valence-corrected chi connectivity index (χ3v) is 4.30. The molecule has 0 radical (unpaired) electrons. The number of nitrogens with one attached hydrogen (secondary N) is 1. The predicted molar refractivity (Wildman–Crippen MR) is 88.8 cm³/mol. The van der Waals surface area contributed by atoms with Gasteiger partial charge in [-0.3, -0.25) is 4.68 Å². The van der Waals surface area contributed by atoms with Crippen LogP contribution in [0.5, 0.6) is 0 Å². The van der Waals surface area contributed by atoms with Crippen molar-refractivity contribution in [1.29, 1.82) is 0 Å². The molecule has 0 aliphatic carbocycles. The molecule has 0 aromatic carbocycles. The van der Waals surface area contributed by atoms with Crippen LogP contribution in [0.3, 0.4) is 0 Å². The molecular formula is C16H31N5. The van der Waals surface area contributed by atoms with Gasteiger partial charge in [0, 0.05) is 43.8 Å². The van der Waals surface area contributed by atoms with Crippen LogP contribution in [0, 0.1) is 6.92 Å². The van der Waals surface area contributed by atoms with Crippen molar-refractivity contribution in [2.45, 2.75) is 52.2 Å². The molecule has 1 N–H and O–H groups in total. The van der Waals surface area contributed by atoms with Crippen LogP contribution in [-0.4, -0.2) is 53.4 Å². The highest BCUT2D eigenvalue weighted by Gasteiger charge is 2.28. The highest BCUT2D eigenvalue weighted by Crippen LogP contribution is 2.28. The number of rotatable bonds is 4. The molecule has 5 heteroatoms. The van der Waals surface area contributed by atoms with Crippen LogP contribution in [0.15, 0.2) is 0 Å². The Morgan fingerprint density at radius 2 is 2.00 bits per heavy atom. The van der Waals surface area contributed by atoms with Crippen LogP contribution in [-0.2, 0) is 13.6 Å². The largest absolute Gasteiger partial charge is 0.355 e. The van der Waals surface area contributed by atoms with Gasteiger partial charge in [0.15, 0.2) is 0 Å². The Bertz CT molecular complexity index is 484. The summed E-state index contributed by atoms with van der Waals surface area (Å²) in [4.78, 5) is 4.82. The number of hydrogen-bond acceptors (Lipinski definition) is 4. The van der Waals surface area contributed by atoms with Crippen molar-refractivity contribution in [1.82, 2.24) is 20.0 Å². The number of aromatic nitrogens is 2. The van der Waals surface area contributed by atoms with E-state index in [1.807, 2.05) is 4.68 Å². The van der Waals surface area contributed by atoms with Crippen molar-refractivity contribution < 1.29 is 0 Å². The Hall–Kier alpha value is -1.07. The average molecular weight is 293 g/mol. The first kappa shape index (κ1) is 16.3. The first-order chi connectivity index (χ1) is 9.69. The van der Waals surface area contributed by atoms with E-state index in [0.717, 1.165) is 25.3 Å². The smallest absolute Gasteiger partial charge is 0.131 e. The lowest BCUT2D eigenvalue weighted by atomic mass is 10.1. The minimum absolute atomic E-state index is 0.122. The number of nitrogens with zero attached hydrogens (tertiary/aromatic N) is 4. The minimum Gasteiger partial charge on any atom is -0.355 e. The molecule has 1 fully saturated rings. The molecule has 1 aliphatic rings. The summed E-state index contributed by atoms with van der Waals surface area (Å²) < 4.78 is 2.05. The highest BCUT2D eigenvalue weighted by molar-refractivity contribution is 5.51. The Labute approximate surface area is 129 Å². The standard InChI is InChI=1S/C16H31N5/c1-12-14(10-17-16(2,3)4)15(20(7)18-12)21-9-8-13(11-21)19(5)6/h13,17H,8-11H2,1-7H3. The molecule has 120 valence electrons. The second kappa shape index (κ2) is 5.97. The molecule has 1 saturated heterocycles. The zero-order valence-electron chi connectivity index (χ0n) is 14.7. The molecule has 1 unspecified atom stereocenters. The lowest BCUT2D eigenvalue weighted by molar-refractivity contribution is 0.315. The SMILES string of the molecule is Cc1nn(C)c(N2CCC(N(C)C)C2)c1CNC(C)(C)C. The van der Waals surface area contributed by atoms with Gasteiger partial charge in [-0.25, -0.2) is 0 Å². The highest BCUT2D eigenvalue weighted by atomic mass is 15.4. The minimum atomic E-state index is 0.122. The van der Waals surface area contributed by atoms with E-state index < -0.39 is 0 Å². The summed E-state index contributed by atoms with van der Waals surface area (Å²) in [5.41, 5.74) is 2.60. The second-order valence-corrected chi connectivity index (χ2v) is 7.47. The van der Waals surface area contributed by atoms with Crippen molar-refractivity contribution in [2.75, 3.05) is 32.1 Å². The molecule has 0 spiro atoms. The maximum absolute atomic E-state index is 4.65. The van der Waals surface area contributed by atoms with Crippen molar-refractivity contribution in [3.05, 3.63) is 11.3 Å². The van der Waals surface area contributed by atoms with Crippen LogP contribution in [0.4, 0.5) is 5.82 Å². The summed E-state index contributed by atoms with van der Waals surface area (Å²) >= 11 is 0. The first-order valence-corrected chi connectivity index (χ1v) is 7.88. The third-order valence-electron chi connectivity index (χ3n) is 4.30. The van der Waals surface area contributed by atoms with E-state index >= 15 is 0 Å². The van der Waals surface area contributed by atoms with Crippen LogP contribution < -0.4 is 10.2 Å². The molecule has 0 bridgehead atoms. The predicted octanol–water partition coefficient (Wildman–Crippen LogP) is 1.76. The lowest BCUT2D eigenvalue weighted by Gasteiger charge is -2.25. The summed E-state index contributed by atoms with van der Waals surface area (Å²) in [5.74, 6) is 1.29. The van der Waals surface area contributed by atoms with Gasteiger partial charge >= 0.3 is 0 Å². The van der Waals surface area contributed by atoms with Gasteiger partial charge in [0.05, 0.1) is 5.69 Å². The molecular weight excluding hydrogens is 262 g/mol. The van der Waals surface area contributed by atoms with Gasteiger partial charge in [-0.05, 0) is 48.2 Å². The van der Waals surface area contributed by atoms with Crippen molar-refractivity contribution in [3.63, 3.8) is 0 Å². The van der Waals surface area contributed by atoms with Gasteiger partial charge in [0.2, 0.25) is 0 Å². The second-order valence-electron chi connectivity index (χ2n) is 7.47. The first-order valence-electron chi connectivity index (χ1n) is 7.88. The van der Waals surface area contributed by atoms with Gasteiger partial charge in [0.25, 0.3) is 0 Å². The molecule has 0 saturated carbocycles. The quantitative estimate of drug-likeness (QED) is 0.918. The fourth-order valence-corrected chi connectivity index (χ4v) is 3.00. The van der Waals surface area contributed by atoms with E-state index in [0.29, 0.717) is 6.04 Å². The fraction of sp³-hybridized carbons (Fsp3) is 0.812. The summed E-state index contributed by atoms with van der Waals surface area (Å²) in [6.45, 7) is 11.8. The van der Waals surface area contributed by atoms with E-state index in [2.05, 4.69) is 69.1 Å². The third kappa shape index (κ3) is 3.77. The normalized spacial score (nSPS) is 19.8. The molecule has 2 rings (SSSR count). The Balaban J connectivity index is 2.19. The van der Waals surface area contributed by atoms with E-state index in [9.17, 15) is 0 Å². The zero-order valence-corrected chi connectivity index (χ0v) is 14.7. The van der Waals surface area contributed by atoms with Crippen LogP contribution in [0.1, 0.15) is 38.4 Å². The van der Waals surface area contributed by atoms with Crippen LogP contribution in [0.2, 0.25) is 0 Å². The van der Waals surface area contributed by atoms with Crippen LogP contribution >= 0.6 is 0 Å². The van der Waals surface area contributed by atoms with E-state index in [-0.39, 0.29) is 5.54 Å². The fourth-order valence-electron chi connectivity index (χ4n) is 3.00. The molecule has 1 aromatic rings. The molecule has 21 heavy (non-hydrogen) atoms. The molecule has 0 amide bonds. The number of aryl methyl sites for hydroxylation is 2. The maximum atomic E-state index is 4.65. The van der Waals surface area contributed by atoms with E-state index in [4.69, 9.17) is 0 Å². The molecule has 1 atom stereocenters. The monoisotopic (exact) mass is 293 g/mol. The maximum Gasteiger partial charge on any atom is 0.131 e. The summed E-state index contributed by atoms with van der Waals surface area (Å²) in [7, 11) is 6.40. The van der Waals surface area contributed by atoms with Gasteiger partial charge in [-0.2, -0.15) is 5.10 Å². The average Bonchev–Trinajstić information content (AvgIpc) is 2.90. The van der Waals surface area contributed by atoms with Crippen molar-refractivity contribution >= 4 is 5.82 Å². The molecule has 1 aliphatic heterocycles. The molecule has 1 aromatic heterocycles. The molecule has 5 nitrogen and oxygen atoms in total. The van der Waals surface area contributed by atoms with Gasteiger partial charge in [0.1, 0.15) is 5.82 Å². The number of hydrogen-bond donors (Lipinski definition) is 1. The van der Waals surface area contributed by atoms with Crippen LogP contribution in [0.25, 0.3) is 0 Å². The topological polar surface area (TPSA) is 36.3 Å². The number of anilines is 1. The Morgan fingerprint density at radius 1 is 1.33 bits per heavy atom. The summed E-state index contributed by atoms with van der Waals surface area (Å²) in [6, 6.07) is 0.642. The van der Waals surface area contributed by atoms with Gasteiger partial charge < -0.3 is 15.1 Å². The van der Waals surface area contributed by atoms with Crippen molar-refractivity contribution in [3.8, 4) is 0 Å². The van der Waals surface area contributed by atoms with Crippen molar-refractivity contribution in [2.24, 2.45) is 7.05 Å². The van der Waals surface area contributed by atoms with E-state index in [1.165, 1.54) is 17.8 Å². The Morgan fingerprint density at radius 3 is 2.52 bits per heavy atom. The van der Waals surface area contributed by atoms with Gasteiger partial charge in [-0.15, -0.1) is 0 Å². The molecule has 2 heterocycles. The Kier molecular flexibility index (Phi) is 4.63. The summed E-state index contributed by atoms with van der Waals surface area (Å²) in [5, 5.41) is 8.25.